The molecule has 1 aliphatic rings. The van der Waals surface area contributed by atoms with Crippen LogP contribution in [-0.2, 0) is 11.2 Å². The summed E-state index contributed by atoms with van der Waals surface area (Å²) in [7, 11) is 0. The van der Waals surface area contributed by atoms with Crippen LogP contribution in [0.1, 0.15) is 35.8 Å². The largest absolute Gasteiger partial charge is 0.478 e. The zero-order valence-corrected chi connectivity index (χ0v) is 11.6. The Morgan fingerprint density at radius 1 is 1.45 bits per heavy atom. The molecule has 6 nitrogen and oxygen atoms in total. The zero-order valence-electron chi connectivity index (χ0n) is 11.6. The fraction of sp³-hybridized carbons (Fsp3) is 0.571. The van der Waals surface area contributed by atoms with Gasteiger partial charge in [0.15, 0.2) is 0 Å². The normalized spacial score (nSPS) is 17.7. The van der Waals surface area contributed by atoms with Crippen LogP contribution in [-0.4, -0.2) is 46.5 Å². The van der Waals surface area contributed by atoms with Gasteiger partial charge >= 0.3 is 5.97 Å². The summed E-state index contributed by atoms with van der Waals surface area (Å²) in [6.45, 7) is 3.35. The van der Waals surface area contributed by atoms with E-state index in [1.54, 1.807) is 6.07 Å². The first kappa shape index (κ1) is 14.7. The number of pyridine rings is 1. The average Bonchev–Trinajstić information content (AvgIpc) is 2.45. The van der Waals surface area contributed by atoms with E-state index in [-0.39, 0.29) is 5.56 Å². The van der Waals surface area contributed by atoms with Crippen molar-refractivity contribution < 1.29 is 19.7 Å². The van der Waals surface area contributed by atoms with Gasteiger partial charge < -0.3 is 20.3 Å². The molecular weight excluding hydrogens is 260 g/mol. The smallest absolute Gasteiger partial charge is 0.335 e. The molecule has 0 atom stereocenters. The maximum Gasteiger partial charge on any atom is 0.335 e. The summed E-state index contributed by atoms with van der Waals surface area (Å²) in [6.07, 6.45) is 1.80. The second-order valence-corrected chi connectivity index (χ2v) is 5.08. The highest BCUT2D eigenvalue weighted by molar-refractivity contribution is 5.88. The van der Waals surface area contributed by atoms with E-state index in [2.05, 4.69) is 10.3 Å². The van der Waals surface area contributed by atoms with Gasteiger partial charge in [-0.3, -0.25) is 0 Å². The lowest BCUT2D eigenvalue weighted by Crippen LogP contribution is -2.42. The number of ether oxygens (including phenoxy) is 1. The first-order valence-electron chi connectivity index (χ1n) is 6.81. The minimum atomic E-state index is -0.977. The quantitative estimate of drug-likeness (QED) is 0.753. The van der Waals surface area contributed by atoms with E-state index in [1.807, 2.05) is 6.92 Å². The van der Waals surface area contributed by atoms with Crippen molar-refractivity contribution in [3.63, 3.8) is 0 Å². The number of carboxylic acids is 1. The van der Waals surface area contributed by atoms with Crippen molar-refractivity contribution >= 4 is 11.8 Å². The molecule has 110 valence electrons. The van der Waals surface area contributed by atoms with Crippen molar-refractivity contribution in [1.82, 2.24) is 4.98 Å². The number of carboxylic acid groups (broad SMARTS) is 1. The van der Waals surface area contributed by atoms with Crippen LogP contribution >= 0.6 is 0 Å². The predicted molar refractivity (Wildman–Crippen MR) is 74.1 cm³/mol. The number of hydrogen-bond donors (Lipinski definition) is 3. The highest BCUT2D eigenvalue weighted by Crippen LogP contribution is 2.21. The van der Waals surface area contributed by atoms with Gasteiger partial charge in [-0.15, -0.1) is 0 Å². The fourth-order valence-electron chi connectivity index (χ4n) is 2.17. The Balaban J connectivity index is 2.08. The van der Waals surface area contributed by atoms with Crippen LogP contribution in [0.25, 0.3) is 0 Å². The number of nitrogens with zero attached hydrogens (tertiary/aromatic N) is 1. The van der Waals surface area contributed by atoms with Crippen molar-refractivity contribution in [3.05, 3.63) is 23.4 Å². The van der Waals surface area contributed by atoms with Crippen molar-refractivity contribution in [1.29, 1.82) is 0 Å². The van der Waals surface area contributed by atoms with Crippen LogP contribution in [0.5, 0.6) is 0 Å². The number of anilines is 1. The summed E-state index contributed by atoms with van der Waals surface area (Å²) in [6, 6.07) is 3.06. The molecule has 0 bridgehead atoms. The van der Waals surface area contributed by atoms with Crippen LogP contribution in [0.15, 0.2) is 12.1 Å². The molecule has 0 radical (unpaired) electrons. The van der Waals surface area contributed by atoms with Gasteiger partial charge in [0.1, 0.15) is 5.82 Å². The Bertz CT molecular complexity index is 484. The molecule has 0 unspecified atom stereocenters. The minimum absolute atomic E-state index is 0.207. The number of hydrogen-bond acceptors (Lipinski definition) is 5. The molecule has 1 saturated heterocycles. The third-order valence-corrected chi connectivity index (χ3v) is 3.51. The lowest BCUT2D eigenvalue weighted by Gasteiger charge is -2.32. The molecule has 0 saturated carbocycles. The summed E-state index contributed by atoms with van der Waals surface area (Å²) in [5.74, 6) is -0.489. The summed E-state index contributed by atoms with van der Waals surface area (Å²) < 4.78 is 5.22. The van der Waals surface area contributed by atoms with E-state index in [1.165, 1.54) is 6.07 Å². The molecule has 20 heavy (non-hydrogen) atoms. The topological polar surface area (TPSA) is 91.7 Å². The van der Waals surface area contributed by atoms with Gasteiger partial charge in [-0.1, -0.05) is 6.92 Å². The maximum atomic E-state index is 11.1. The van der Waals surface area contributed by atoms with Gasteiger partial charge in [0, 0.05) is 38.3 Å². The Morgan fingerprint density at radius 2 is 2.15 bits per heavy atom. The Hall–Kier alpha value is -1.66. The minimum Gasteiger partial charge on any atom is -0.478 e. The Morgan fingerprint density at radius 3 is 2.75 bits per heavy atom. The number of rotatable bonds is 5. The number of carbonyl (C=O) groups is 1. The van der Waals surface area contributed by atoms with E-state index < -0.39 is 11.6 Å². The van der Waals surface area contributed by atoms with Crippen LogP contribution in [0.3, 0.4) is 0 Å². The molecule has 0 amide bonds. The van der Waals surface area contributed by atoms with E-state index in [0.29, 0.717) is 50.5 Å². The van der Waals surface area contributed by atoms with Crippen LogP contribution in [0.2, 0.25) is 0 Å². The summed E-state index contributed by atoms with van der Waals surface area (Å²) in [5, 5.41) is 22.5. The van der Waals surface area contributed by atoms with Crippen LogP contribution in [0.4, 0.5) is 5.82 Å². The monoisotopic (exact) mass is 280 g/mol. The van der Waals surface area contributed by atoms with Crippen molar-refractivity contribution in [2.45, 2.75) is 31.8 Å². The van der Waals surface area contributed by atoms with Crippen LogP contribution in [0, 0.1) is 0 Å². The number of aryl methyl sites for hydroxylation is 1. The van der Waals surface area contributed by atoms with Gasteiger partial charge in [0.05, 0.1) is 11.2 Å². The molecule has 1 fully saturated rings. The van der Waals surface area contributed by atoms with Crippen molar-refractivity contribution in [2.24, 2.45) is 0 Å². The molecular formula is C14H20N2O4. The van der Waals surface area contributed by atoms with Crippen molar-refractivity contribution in [2.75, 3.05) is 25.1 Å². The summed E-state index contributed by atoms with van der Waals surface area (Å²) in [5.41, 5.74) is 0.107. The predicted octanol–water partition coefficient (Wildman–Crippen LogP) is 1.30. The summed E-state index contributed by atoms with van der Waals surface area (Å²) >= 11 is 0. The number of aliphatic hydroxyl groups is 1. The van der Waals surface area contributed by atoms with Crippen LogP contribution < -0.4 is 5.32 Å². The molecule has 2 heterocycles. The molecule has 1 aromatic heterocycles. The van der Waals surface area contributed by atoms with E-state index in [9.17, 15) is 9.90 Å². The average molecular weight is 280 g/mol. The zero-order chi connectivity index (χ0) is 14.6. The number of aromatic nitrogens is 1. The fourth-order valence-corrected chi connectivity index (χ4v) is 2.17. The van der Waals surface area contributed by atoms with Gasteiger partial charge in [-0.05, 0) is 18.6 Å². The standard InChI is InChI=1S/C14H20N2O4/c1-2-11-7-10(13(17)18)8-12(16-11)15-9-14(19)3-5-20-6-4-14/h7-8,19H,2-6,9H2,1H3,(H,15,16)(H,17,18). The highest BCUT2D eigenvalue weighted by atomic mass is 16.5. The molecule has 0 aliphatic carbocycles. The first-order valence-corrected chi connectivity index (χ1v) is 6.81. The molecule has 2 rings (SSSR count). The maximum absolute atomic E-state index is 11.1. The number of aromatic carboxylic acids is 1. The van der Waals surface area contributed by atoms with Gasteiger partial charge in [0.25, 0.3) is 0 Å². The molecule has 6 heteroatoms. The Labute approximate surface area is 117 Å². The Kier molecular flexibility index (Phi) is 4.57. The molecule has 1 aromatic rings. The lowest BCUT2D eigenvalue weighted by molar-refractivity contribution is -0.0543. The summed E-state index contributed by atoms with van der Waals surface area (Å²) in [4.78, 5) is 15.4. The van der Waals surface area contributed by atoms with Gasteiger partial charge in [-0.2, -0.15) is 0 Å². The molecule has 3 N–H and O–H groups in total. The second kappa shape index (κ2) is 6.19. The lowest BCUT2D eigenvalue weighted by atomic mass is 9.94. The third-order valence-electron chi connectivity index (χ3n) is 3.51. The van der Waals surface area contributed by atoms with E-state index >= 15 is 0 Å². The third kappa shape index (κ3) is 3.68. The van der Waals surface area contributed by atoms with E-state index in [0.717, 1.165) is 0 Å². The number of nitrogens with one attached hydrogen (secondary N) is 1. The van der Waals surface area contributed by atoms with Crippen molar-refractivity contribution in [3.8, 4) is 0 Å². The second-order valence-electron chi connectivity index (χ2n) is 5.08. The van der Waals surface area contributed by atoms with E-state index in [4.69, 9.17) is 9.84 Å². The van der Waals surface area contributed by atoms with Gasteiger partial charge in [-0.25, -0.2) is 9.78 Å². The highest BCUT2D eigenvalue weighted by Gasteiger charge is 2.29. The molecule has 1 aliphatic heterocycles. The first-order chi connectivity index (χ1) is 9.52. The van der Waals surface area contributed by atoms with Gasteiger partial charge in [0.2, 0.25) is 0 Å². The molecule has 0 spiro atoms. The molecule has 0 aromatic carbocycles. The SMILES string of the molecule is CCc1cc(C(=O)O)cc(NCC2(O)CCOCC2)n1.